The van der Waals surface area contributed by atoms with Crippen LogP contribution in [0.5, 0.6) is 0 Å². The predicted octanol–water partition coefficient (Wildman–Crippen LogP) is 2.33. The second kappa shape index (κ2) is 7.01. The number of rotatable bonds is 7. The van der Waals surface area contributed by atoms with Gasteiger partial charge in [-0.15, -0.1) is 11.3 Å². The molecule has 0 bridgehead atoms. The Bertz CT molecular complexity index is 312. The van der Waals surface area contributed by atoms with Crippen LogP contribution < -0.4 is 5.32 Å². The minimum atomic E-state index is 0.150. The van der Waals surface area contributed by atoms with Gasteiger partial charge in [0.2, 0.25) is 0 Å². The first-order valence-corrected chi connectivity index (χ1v) is 6.32. The lowest BCUT2D eigenvalue weighted by Crippen LogP contribution is -2.14. The molecule has 3 nitrogen and oxygen atoms in total. The third-order valence-electron chi connectivity index (χ3n) is 2.35. The van der Waals surface area contributed by atoms with Crippen molar-refractivity contribution in [2.45, 2.75) is 33.1 Å². The van der Waals surface area contributed by atoms with E-state index in [0.29, 0.717) is 13.2 Å². The SMILES string of the molecule is CNCc1cc(COC(C)COC)c(C)s1. The van der Waals surface area contributed by atoms with Crippen LogP contribution in [0.15, 0.2) is 6.07 Å². The number of aryl methyl sites for hydroxylation is 1. The summed E-state index contributed by atoms with van der Waals surface area (Å²) >= 11 is 1.83. The van der Waals surface area contributed by atoms with Crippen LogP contribution in [0.1, 0.15) is 22.2 Å². The highest BCUT2D eigenvalue weighted by Gasteiger charge is 2.07. The minimum Gasteiger partial charge on any atom is -0.382 e. The highest BCUT2D eigenvalue weighted by Crippen LogP contribution is 2.22. The fourth-order valence-electron chi connectivity index (χ4n) is 1.51. The Kier molecular flexibility index (Phi) is 5.98. The summed E-state index contributed by atoms with van der Waals surface area (Å²) in [6, 6.07) is 2.22. The summed E-state index contributed by atoms with van der Waals surface area (Å²) in [6.45, 7) is 6.42. The molecule has 0 saturated heterocycles. The summed E-state index contributed by atoms with van der Waals surface area (Å²) in [5.41, 5.74) is 1.29. The number of nitrogens with one attached hydrogen (secondary N) is 1. The molecule has 16 heavy (non-hydrogen) atoms. The first-order valence-electron chi connectivity index (χ1n) is 5.50. The number of hydrogen-bond acceptors (Lipinski definition) is 4. The van der Waals surface area contributed by atoms with Crippen LogP contribution in [0.2, 0.25) is 0 Å². The molecular formula is C12H21NO2S. The normalized spacial score (nSPS) is 13.0. The molecule has 1 rings (SSSR count). The van der Waals surface area contributed by atoms with Crippen LogP contribution in [-0.4, -0.2) is 26.9 Å². The molecule has 92 valence electrons. The molecule has 1 aromatic heterocycles. The van der Waals surface area contributed by atoms with Crippen molar-refractivity contribution in [3.8, 4) is 0 Å². The summed E-state index contributed by atoms with van der Waals surface area (Å²) < 4.78 is 10.7. The maximum Gasteiger partial charge on any atom is 0.0784 e. The second-order valence-electron chi connectivity index (χ2n) is 3.90. The number of thiophene rings is 1. The van der Waals surface area contributed by atoms with Gasteiger partial charge in [-0.2, -0.15) is 0 Å². The predicted molar refractivity (Wildman–Crippen MR) is 67.9 cm³/mol. The lowest BCUT2D eigenvalue weighted by atomic mass is 10.2. The Morgan fingerprint density at radius 1 is 1.50 bits per heavy atom. The summed E-state index contributed by atoms with van der Waals surface area (Å²) in [4.78, 5) is 2.70. The van der Waals surface area contributed by atoms with Crippen molar-refractivity contribution in [3.05, 3.63) is 21.4 Å². The highest BCUT2D eigenvalue weighted by atomic mass is 32.1. The van der Waals surface area contributed by atoms with Gasteiger partial charge in [0.15, 0.2) is 0 Å². The molecule has 0 saturated carbocycles. The molecule has 0 radical (unpaired) electrons. The molecular weight excluding hydrogens is 222 g/mol. The Hall–Kier alpha value is -0.420. The quantitative estimate of drug-likeness (QED) is 0.797. The van der Waals surface area contributed by atoms with Crippen molar-refractivity contribution in [1.82, 2.24) is 5.32 Å². The minimum absolute atomic E-state index is 0.150. The van der Waals surface area contributed by atoms with Crippen molar-refractivity contribution in [3.63, 3.8) is 0 Å². The average molecular weight is 243 g/mol. The van der Waals surface area contributed by atoms with E-state index in [1.54, 1.807) is 7.11 Å². The van der Waals surface area contributed by atoms with E-state index in [1.165, 1.54) is 15.3 Å². The average Bonchev–Trinajstić information content (AvgIpc) is 2.57. The Morgan fingerprint density at radius 3 is 2.88 bits per heavy atom. The molecule has 0 aliphatic carbocycles. The monoisotopic (exact) mass is 243 g/mol. The molecule has 0 fully saturated rings. The van der Waals surface area contributed by atoms with E-state index in [2.05, 4.69) is 18.3 Å². The molecule has 1 heterocycles. The van der Waals surface area contributed by atoms with Crippen LogP contribution in [0.25, 0.3) is 0 Å². The maximum atomic E-state index is 5.70. The van der Waals surface area contributed by atoms with E-state index < -0.39 is 0 Å². The summed E-state index contributed by atoms with van der Waals surface area (Å²) in [6.07, 6.45) is 0.150. The Labute approximate surface area is 102 Å². The second-order valence-corrected chi connectivity index (χ2v) is 5.24. The van der Waals surface area contributed by atoms with Crippen molar-refractivity contribution in [2.75, 3.05) is 20.8 Å². The van der Waals surface area contributed by atoms with Gasteiger partial charge in [0.05, 0.1) is 19.3 Å². The van der Waals surface area contributed by atoms with Crippen molar-refractivity contribution < 1.29 is 9.47 Å². The fourth-order valence-corrected chi connectivity index (χ4v) is 2.57. The van der Waals surface area contributed by atoms with E-state index in [-0.39, 0.29) is 6.10 Å². The third-order valence-corrected chi connectivity index (χ3v) is 3.44. The van der Waals surface area contributed by atoms with E-state index in [0.717, 1.165) is 6.54 Å². The lowest BCUT2D eigenvalue weighted by Gasteiger charge is -2.11. The number of ether oxygens (including phenoxy) is 2. The van der Waals surface area contributed by atoms with Gasteiger partial charge in [-0.25, -0.2) is 0 Å². The smallest absolute Gasteiger partial charge is 0.0784 e. The molecule has 0 spiro atoms. The van der Waals surface area contributed by atoms with Gasteiger partial charge < -0.3 is 14.8 Å². The summed E-state index contributed by atoms with van der Waals surface area (Å²) in [7, 11) is 3.66. The molecule has 4 heteroatoms. The first kappa shape index (κ1) is 13.6. The van der Waals surface area contributed by atoms with Gasteiger partial charge in [-0.1, -0.05) is 0 Å². The van der Waals surface area contributed by atoms with Gasteiger partial charge in [0.1, 0.15) is 0 Å². The van der Waals surface area contributed by atoms with Crippen molar-refractivity contribution in [1.29, 1.82) is 0 Å². The molecule has 0 amide bonds. The molecule has 1 unspecified atom stereocenters. The zero-order chi connectivity index (χ0) is 12.0. The fraction of sp³-hybridized carbons (Fsp3) is 0.667. The maximum absolute atomic E-state index is 5.70. The zero-order valence-corrected chi connectivity index (χ0v) is 11.3. The van der Waals surface area contributed by atoms with Crippen LogP contribution >= 0.6 is 11.3 Å². The standard InChI is InChI=1S/C12H21NO2S/c1-9(7-14-4)15-8-11-5-12(6-13-3)16-10(11)2/h5,9,13H,6-8H2,1-4H3. The molecule has 1 atom stereocenters. The van der Waals surface area contributed by atoms with E-state index >= 15 is 0 Å². The third kappa shape index (κ3) is 4.22. The van der Waals surface area contributed by atoms with Gasteiger partial charge >= 0.3 is 0 Å². The topological polar surface area (TPSA) is 30.5 Å². The van der Waals surface area contributed by atoms with E-state index in [9.17, 15) is 0 Å². The molecule has 0 aromatic carbocycles. The van der Waals surface area contributed by atoms with E-state index in [4.69, 9.17) is 9.47 Å². The van der Waals surface area contributed by atoms with Gasteiger partial charge in [-0.05, 0) is 32.5 Å². The molecule has 0 aliphatic heterocycles. The largest absolute Gasteiger partial charge is 0.382 e. The number of hydrogen-bond donors (Lipinski definition) is 1. The van der Waals surface area contributed by atoms with Crippen LogP contribution in [0, 0.1) is 6.92 Å². The van der Waals surface area contributed by atoms with Gasteiger partial charge in [-0.3, -0.25) is 0 Å². The zero-order valence-electron chi connectivity index (χ0n) is 10.5. The van der Waals surface area contributed by atoms with Crippen LogP contribution in [0.4, 0.5) is 0 Å². The number of methoxy groups -OCH3 is 1. The highest BCUT2D eigenvalue weighted by molar-refractivity contribution is 7.12. The van der Waals surface area contributed by atoms with Crippen molar-refractivity contribution in [2.24, 2.45) is 0 Å². The van der Waals surface area contributed by atoms with Crippen LogP contribution in [-0.2, 0) is 22.6 Å². The van der Waals surface area contributed by atoms with Gasteiger partial charge in [0.25, 0.3) is 0 Å². The Morgan fingerprint density at radius 2 is 2.25 bits per heavy atom. The summed E-state index contributed by atoms with van der Waals surface area (Å²) in [5.74, 6) is 0. The van der Waals surface area contributed by atoms with Gasteiger partial charge in [0, 0.05) is 23.4 Å². The van der Waals surface area contributed by atoms with Crippen LogP contribution in [0.3, 0.4) is 0 Å². The summed E-state index contributed by atoms with van der Waals surface area (Å²) in [5, 5.41) is 3.16. The van der Waals surface area contributed by atoms with Crippen molar-refractivity contribution >= 4 is 11.3 Å². The molecule has 1 N–H and O–H groups in total. The van der Waals surface area contributed by atoms with E-state index in [1.807, 2.05) is 25.3 Å². The first-order chi connectivity index (χ1) is 7.67. The lowest BCUT2D eigenvalue weighted by molar-refractivity contribution is -0.000171. The molecule has 0 aliphatic rings. The Balaban J connectivity index is 2.46. The molecule has 1 aromatic rings.